The molecule has 0 fully saturated rings. The Balaban J connectivity index is 2.17. The fourth-order valence-corrected chi connectivity index (χ4v) is 1.92. The Morgan fingerprint density at radius 2 is 2.06 bits per heavy atom. The highest BCUT2D eigenvalue weighted by Gasteiger charge is 2.11. The lowest BCUT2D eigenvalue weighted by atomic mass is 10.1. The van der Waals surface area contributed by atoms with Gasteiger partial charge >= 0.3 is 0 Å². The second-order valence-electron chi connectivity index (χ2n) is 3.79. The van der Waals surface area contributed by atoms with Crippen LogP contribution in [0.5, 0.6) is 0 Å². The van der Waals surface area contributed by atoms with Crippen LogP contribution in [0, 0.1) is 0 Å². The third kappa shape index (κ3) is 4.44. The number of allylic oxidation sites excluding steroid dienone is 2. The van der Waals surface area contributed by atoms with Gasteiger partial charge in [-0.05, 0) is 6.42 Å². The monoisotopic (exact) mass is 245 g/mol. The summed E-state index contributed by atoms with van der Waals surface area (Å²) in [5.41, 5.74) is 0. The van der Waals surface area contributed by atoms with E-state index in [0.717, 1.165) is 10.7 Å². The van der Waals surface area contributed by atoms with Crippen LogP contribution in [0.4, 0.5) is 0 Å². The number of nitrogens with one attached hydrogen (secondary N) is 2. The first-order valence-electron chi connectivity index (χ1n) is 5.26. The zero-order valence-corrected chi connectivity index (χ0v) is 10.5. The third-order valence-electron chi connectivity index (χ3n) is 2.28. The van der Waals surface area contributed by atoms with Crippen molar-refractivity contribution in [2.45, 2.75) is 12.5 Å². The van der Waals surface area contributed by atoms with Gasteiger partial charge in [-0.1, -0.05) is 24.3 Å². The molecule has 0 bridgehead atoms. The van der Waals surface area contributed by atoms with E-state index in [1.54, 1.807) is 0 Å². The lowest BCUT2D eigenvalue weighted by Gasteiger charge is -2.16. The van der Waals surface area contributed by atoms with Gasteiger partial charge < -0.3 is 5.32 Å². The van der Waals surface area contributed by atoms with Crippen LogP contribution in [0.2, 0.25) is 0 Å². The Hall–Kier alpha value is -0.690. The zero-order valence-electron chi connectivity index (χ0n) is 9.68. The summed E-state index contributed by atoms with van der Waals surface area (Å²) in [6.45, 7) is 1.02. The molecular weight excluding hydrogens is 226 g/mol. The molecule has 1 aliphatic rings. The maximum Gasteiger partial charge on any atom is 0.278 e. The lowest BCUT2D eigenvalue weighted by molar-refractivity contribution is 0.500. The van der Waals surface area contributed by atoms with Gasteiger partial charge in [-0.2, -0.15) is 12.7 Å². The molecule has 0 saturated heterocycles. The molecule has 0 heterocycles. The van der Waals surface area contributed by atoms with Gasteiger partial charge in [0.2, 0.25) is 0 Å². The molecule has 0 spiro atoms. The number of hydrogen-bond donors (Lipinski definition) is 2. The first-order valence-corrected chi connectivity index (χ1v) is 6.70. The van der Waals surface area contributed by atoms with E-state index in [1.807, 2.05) is 12.2 Å². The SMILES string of the molecule is CN(C)S(=O)(=O)NCCNC1C=CC=CC1. The van der Waals surface area contributed by atoms with E-state index in [-0.39, 0.29) is 0 Å². The number of nitrogens with zero attached hydrogens (tertiary/aromatic N) is 1. The molecule has 0 aromatic carbocycles. The third-order valence-corrected chi connectivity index (χ3v) is 3.81. The first kappa shape index (κ1) is 13.4. The van der Waals surface area contributed by atoms with Crippen LogP contribution in [0.3, 0.4) is 0 Å². The topological polar surface area (TPSA) is 61.4 Å². The van der Waals surface area contributed by atoms with Crippen molar-refractivity contribution >= 4 is 10.2 Å². The maximum absolute atomic E-state index is 11.3. The summed E-state index contributed by atoms with van der Waals surface area (Å²) in [4.78, 5) is 0. The van der Waals surface area contributed by atoms with E-state index in [4.69, 9.17) is 0 Å². The molecule has 16 heavy (non-hydrogen) atoms. The van der Waals surface area contributed by atoms with Crippen LogP contribution in [-0.4, -0.2) is 45.9 Å². The summed E-state index contributed by atoms with van der Waals surface area (Å²) < 4.78 is 26.3. The molecule has 1 rings (SSSR count). The summed E-state index contributed by atoms with van der Waals surface area (Å²) in [5.74, 6) is 0. The van der Waals surface area contributed by atoms with Crippen LogP contribution in [0.25, 0.3) is 0 Å². The smallest absolute Gasteiger partial charge is 0.278 e. The summed E-state index contributed by atoms with van der Waals surface area (Å²) in [6, 6.07) is 0.314. The minimum atomic E-state index is -3.29. The van der Waals surface area contributed by atoms with Crippen molar-refractivity contribution in [2.75, 3.05) is 27.2 Å². The van der Waals surface area contributed by atoms with Gasteiger partial charge in [0.05, 0.1) is 0 Å². The molecule has 5 nitrogen and oxygen atoms in total. The molecule has 6 heteroatoms. The van der Waals surface area contributed by atoms with Gasteiger partial charge in [-0.3, -0.25) is 0 Å². The number of rotatable bonds is 6. The van der Waals surface area contributed by atoms with Gasteiger partial charge in [0.1, 0.15) is 0 Å². The molecule has 0 saturated carbocycles. The molecule has 1 aliphatic carbocycles. The summed E-state index contributed by atoms with van der Waals surface area (Å²) in [7, 11) is -0.281. The fourth-order valence-electron chi connectivity index (χ4n) is 1.30. The van der Waals surface area contributed by atoms with Crippen molar-refractivity contribution in [1.82, 2.24) is 14.3 Å². The predicted octanol–water partition coefficient (Wildman–Crippen LogP) is -0.143. The van der Waals surface area contributed by atoms with Crippen LogP contribution >= 0.6 is 0 Å². The summed E-state index contributed by atoms with van der Waals surface area (Å²) in [6.07, 6.45) is 9.11. The molecule has 0 aromatic rings. The summed E-state index contributed by atoms with van der Waals surface area (Å²) in [5, 5.41) is 3.25. The molecule has 1 unspecified atom stereocenters. The Morgan fingerprint density at radius 1 is 1.31 bits per heavy atom. The number of hydrogen-bond acceptors (Lipinski definition) is 3. The van der Waals surface area contributed by atoms with E-state index in [0.29, 0.717) is 19.1 Å². The summed E-state index contributed by atoms with van der Waals surface area (Å²) >= 11 is 0. The molecular formula is C10H19N3O2S. The Bertz CT molecular complexity index is 360. The van der Waals surface area contributed by atoms with E-state index >= 15 is 0 Å². The molecule has 0 aromatic heterocycles. The van der Waals surface area contributed by atoms with Gasteiger partial charge in [0, 0.05) is 33.2 Å². The average molecular weight is 245 g/mol. The van der Waals surface area contributed by atoms with Gasteiger partial charge in [-0.25, -0.2) is 4.72 Å². The standard InChI is InChI=1S/C10H19N3O2S/c1-13(2)16(14,15)12-9-8-11-10-6-4-3-5-7-10/h3-6,10-12H,7-9H2,1-2H3. The minimum Gasteiger partial charge on any atom is -0.309 e. The average Bonchev–Trinajstić information content (AvgIpc) is 2.26. The molecule has 0 radical (unpaired) electrons. The minimum absolute atomic E-state index is 0.314. The second-order valence-corrected chi connectivity index (χ2v) is 5.76. The molecule has 2 N–H and O–H groups in total. The van der Waals surface area contributed by atoms with E-state index in [2.05, 4.69) is 22.2 Å². The Kier molecular flexibility index (Phi) is 5.14. The molecule has 0 aliphatic heterocycles. The lowest BCUT2D eigenvalue weighted by Crippen LogP contribution is -2.41. The predicted molar refractivity (Wildman–Crippen MR) is 65.3 cm³/mol. The van der Waals surface area contributed by atoms with Crippen molar-refractivity contribution in [3.8, 4) is 0 Å². The van der Waals surface area contributed by atoms with Gasteiger partial charge in [0.15, 0.2) is 0 Å². The Labute approximate surface area is 97.4 Å². The largest absolute Gasteiger partial charge is 0.309 e. The van der Waals surface area contributed by atoms with Crippen molar-refractivity contribution in [2.24, 2.45) is 0 Å². The van der Waals surface area contributed by atoms with Crippen LogP contribution < -0.4 is 10.0 Å². The quantitative estimate of drug-likeness (QED) is 0.640. The van der Waals surface area contributed by atoms with Gasteiger partial charge in [-0.15, -0.1) is 0 Å². The molecule has 0 amide bonds. The van der Waals surface area contributed by atoms with Crippen molar-refractivity contribution < 1.29 is 8.42 Å². The van der Waals surface area contributed by atoms with E-state index in [1.165, 1.54) is 14.1 Å². The highest BCUT2D eigenvalue weighted by atomic mass is 32.2. The van der Waals surface area contributed by atoms with E-state index in [9.17, 15) is 8.42 Å². The maximum atomic E-state index is 11.3. The fraction of sp³-hybridized carbons (Fsp3) is 0.600. The van der Waals surface area contributed by atoms with Crippen LogP contribution in [-0.2, 0) is 10.2 Å². The van der Waals surface area contributed by atoms with Crippen molar-refractivity contribution in [1.29, 1.82) is 0 Å². The zero-order chi connectivity index (χ0) is 12.0. The first-order chi connectivity index (χ1) is 7.52. The van der Waals surface area contributed by atoms with Crippen LogP contribution in [0.15, 0.2) is 24.3 Å². The van der Waals surface area contributed by atoms with Crippen molar-refractivity contribution in [3.63, 3.8) is 0 Å². The van der Waals surface area contributed by atoms with E-state index < -0.39 is 10.2 Å². The van der Waals surface area contributed by atoms with Gasteiger partial charge in [0.25, 0.3) is 10.2 Å². The molecule has 92 valence electrons. The van der Waals surface area contributed by atoms with Crippen molar-refractivity contribution in [3.05, 3.63) is 24.3 Å². The highest BCUT2D eigenvalue weighted by Crippen LogP contribution is 2.01. The van der Waals surface area contributed by atoms with Crippen LogP contribution in [0.1, 0.15) is 6.42 Å². The second kappa shape index (κ2) is 6.15. The normalized spacial score (nSPS) is 20.6. The Morgan fingerprint density at radius 3 is 2.62 bits per heavy atom. The highest BCUT2D eigenvalue weighted by molar-refractivity contribution is 7.87. The molecule has 1 atom stereocenters.